The van der Waals surface area contributed by atoms with E-state index in [1.165, 1.54) is 0 Å². The molecule has 0 bridgehead atoms. The maximum Gasteiger partial charge on any atom is 0.234 e. The third kappa shape index (κ3) is 4.65. The predicted octanol–water partition coefficient (Wildman–Crippen LogP) is 1.81. The minimum Gasteiger partial charge on any atom is -0.344 e. The molecule has 1 atom stereocenters. The highest BCUT2D eigenvalue weighted by Crippen LogP contribution is 2.15. The Balaban J connectivity index is 4.05. The molecule has 0 N–H and O–H groups in total. The summed E-state index contributed by atoms with van der Waals surface area (Å²) in [5, 5.41) is -0.197. The molecule has 1 amide bonds. The Kier molecular flexibility index (Phi) is 4.11. The van der Waals surface area contributed by atoms with Gasteiger partial charge in [0.2, 0.25) is 5.91 Å². The average Bonchev–Trinajstić information content (AvgIpc) is 1.82. The highest BCUT2D eigenvalue weighted by Gasteiger charge is 2.19. The van der Waals surface area contributed by atoms with Gasteiger partial charge in [0.15, 0.2) is 0 Å². The van der Waals surface area contributed by atoms with Crippen LogP contribution in [0.5, 0.6) is 0 Å². The Hall–Kier alpha value is -0.180. The van der Waals surface area contributed by atoms with Crippen LogP contribution in [0.15, 0.2) is 0 Å². The van der Waals surface area contributed by atoms with Crippen LogP contribution in [0.4, 0.5) is 0 Å². The molecule has 0 rings (SSSR count). The van der Waals surface area contributed by atoms with Crippen LogP contribution >= 0.6 is 12.6 Å². The van der Waals surface area contributed by atoms with Crippen molar-refractivity contribution in [3.63, 3.8) is 0 Å². The highest BCUT2D eigenvalue weighted by molar-refractivity contribution is 7.81. The van der Waals surface area contributed by atoms with Crippen LogP contribution in [0.1, 0.15) is 27.7 Å². The Labute approximate surface area is 80.7 Å². The van der Waals surface area contributed by atoms with Crippen LogP contribution in [-0.2, 0) is 4.79 Å². The third-order valence-electron chi connectivity index (χ3n) is 1.45. The summed E-state index contributed by atoms with van der Waals surface area (Å²) in [6, 6.07) is 0. The molecule has 12 heavy (non-hydrogen) atoms. The van der Waals surface area contributed by atoms with Gasteiger partial charge in [0, 0.05) is 13.6 Å². The second-order valence-corrected chi connectivity index (χ2v) is 5.21. The first-order valence-electron chi connectivity index (χ1n) is 4.17. The molecule has 0 aromatic carbocycles. The molecule has 0 heterocycles. The van der Waals surface area contributed by atoms with Crippen molar-refractivity contribution in [3.8, 4) is 0 Å². The van der Waals surface area contributed by atoms with Gasteiger partial charge in [-0.25, -0.2) is 0 Å². The Morgan fingerprint density at radius 2 is 1.92 bits per heavy atom. The fourth-order valence-electron chi connectivity index (χ4n) is 1.11. The average molecular weight is 189 g/mol. The molecule has 3 heteroatoms. The van der Waals surface area contributed by atoms with E-state index in [0.717, 1.165) is 6.54 Å². The smallest absolute Gasteiger partial charge is 0.234 e. The van der Waals surface area contributed by atoms with Crippen molar-refractivity contribution >= 4 is 18.5 Å². The van der Waals surface area contributed by atoms with Gasteiger partial charge in [-0.1, -0.05) is 20.8 Å². The van der Waals surface area contributed by atoms with Gasteiger partial charge in [0.1, 0.15) is 0 Å². The van der Waals surface area contributed by atoms with E-state index in [1.54, 1.807) is 11.8 Å². The van der Waals surface area contributed by atoms with E-state index >= 15 is 0 Å². The highest BCUT2D eigenvalue weighted by atomic mass is 32.1. The monoisotopic (exact) mass is 189 g/mol. The first-order chi connectivity index (χ1) is 5.24. The molecule has 72 valence electrons. The lowest BCUT2D eigenvalue weighted by atomic mass is 9.96. The molecule has 0 saturated carbocycles. The summed E-state index contributed by atoms with van der Waals surface area (Å²) in [6.07, 6.45) is 0. The van der Waals surface area contributed by atoms with Gasteiger partial charge < -0.3 is 4.90 Å². The lowest BCUT2D eigenvalue weighted by Crippen LogP contribution is -2.38. The van der Waals surface area contributed by atoms with Crippen molar-refractivity contribution in [2.24, 2.45) is 5.41 Å². The fraction of sp³-hybridized carbons (Fsp3) is 0.889. The molecule has 0 aliphatic rings. The molecule has 0 spiro atoms. The fourth-order valence-corrected chi connectivity index (χ4v) is 1.31. The van der Waals surface area contributed by atoms with Gasteiger partial charge in [-0.05, 0) is 12.3 Å². The van der Waals surface area contributed by atoms with E-state index in [-0.39, 0.29) is 16.6 Å². The van der Waals surface area contributed by atoms with E-state index in [2.05, 4.69) is 33.4 Å². The minimum atomic E-state index is -0.197. The van der Waals surface area contributed by atoms with Crippen LogP contribution in [0.2, 0.25) is 0 Å². The number of nitrogens with zero attached hydrogens (tertiary/aromatic N) is 1. The Morgan fingerprint density at radius 3 is 2.17 bits per heavy atom. The van der Waals surface area contributed by atoms with Crippen molar-refractivity contribution in [2.75, 3.05) is 13.6 Å². The zero-order valence-corrected chi connectivity index (χ0v) is 9.48. The van der Waals surface area contributed by atoms with Gasteiger partial charge in [-0.2, -0.15) is 12.6 Å². The largest absolute Gasteiger partial charge is 0.344 e. The summed E-state index contributed by atoms with van der Waals surface area (Å²) >= 11 is 4.09. The quantitative estimate of drug-likeness (QED) is 0.657. The molecule has 0 radical (unpaired) electrons. The normalized spacial score (nSPS) is 14.2. The molecule has 0 aromatic rings. The van der Waals surface area contributed by atoms with E-state index in [4.69, 9.17) is 0 Å². The number of carbonyl (C=O) groups excluding carboxylic acids is 1. The van der Waals surface area contributed by atoms with Gasteiger partial charge in [-0.3, -0.25) is 4.79 Å². The molecule has 0 aromatic heterocycles. The zero-order valence-electron chi connectivity index (χ0n) is 8.59. The Morgan fingerprint density at radius 1 is 1.50 bits per heavy atom. The van der Waals surface area contributed by atoms with Gasteiger partial charge >= 0.3 is 0 Å². The first-order valence-corrected chi connectivity index (χ1v) is 4.69. The molecule has 0 aliphatic carbocycles. The summed E-state index contributed by atoms with van der Waals surface area (Å²) in [5.41, 5.74) is 0.160. The number of hydrogen-bond acceptors (Lipinski definition) is 2. The third-order valence-corrected chi connectivity index (χ3v) is 1.67. The molecule has 0 fully saturated rings. The summed E-state index contributed by atoms with van der Waals surface area (Å²) in [6.45, 7) is 8.90. The van der Waals surface area contributed by atoms with Gasteiger partial charge in [0.25, 0.3) is 0 Å². The van der Waals surface area contributed by atoms with Crippen LogP contribution in [0.3, 0.4) is 0 Å². The number of thiol groups is 1. The first kappa shape index (κ1) is 11.8. The SMILES string of the molecule is CC(S)C(=O)N(C)CC(C)(C)C. The van der Waals surface area contributed by atoms with Crippen molar-refractivity contribution in [2.45, 2.75) is 32.9 Å². The molecular weight excluding hydrogens is 170 g/mol. The van der Waals surface area contributed by atoms with E-state index in [1.807, 2.05) is 7.05 Å². The molecule has 0 aliphatic heterocycles. The van der Waals surface area contributed by atoms with Crippen LogP contribution < -0.4 is 0 Å². The summed E-state index contributed by atoms with van der Waals surface area (Å²) < 4.78 is 0. The van der Waals surface area contributed by atoms with E-state index < -0.39 is 0 Å². The van der Waals surface area contributed by atoms with Crippen molar-refractivity contribution in [1.29, 1.82) is 0 Å². The topological polar surface area (TPSA) is 20.3 Å². The van der Waals surface area contributed by atoms with Gasteiger partial charge in [-0.15, -0.1) is 0 Å². The predicted molar refractivity (Wildman–Crippen MR) is 55.5 cm³/mol. The Bertz CT molecular complexity index is 160. The van der Waals surface area contributed by atoms with Crippen molar-refractivity contribution < 1.29 is 4.79 Å². The lowest BCUT2D eigenvalue weighted by Gasteiger charge is -2.27. The van der Waals surface area contributed by atoms with Crippen LogP contribution in [0.25, 0.3) is 0 Å². The second-order valence-electron chi connectivity index (χ2n) is 4.43. The van der Waals surface area contributed by atoms with Crippen molar-refractivity contribution in [1.82, 2.24) is 4.90 Å². The second kappa shape index (κ2) is 4.17. The summed E-state index contributed by atoms with van der Waals surface area (Å²) in [5.74, 6) is 0.0910. The molecule has 1 unspecified atom stereocenters. The number of rotatable bonds is 2. The van der Waals surface area contributed by atoms with E-state index in [0.29, 0.717) is 0 Å². The van der Waals surface area contributed by atoms with Crippen molar-refractivity contribution in [3.05, 3.63) is 0 Å². The number of hydrogen-bond donors (Lipinski definition) is 1. The van der Waals surface area contributed by atoms with Crippen LogP contribution in [-0.4, -0.2) is 29.6 Å². The maximum atomic E-state index is 11.4. The number of amides is 1. The minimum absolute atomic E-state index is 0.0910. The molecule has 2 nitrogen and oxygen atoms in total. The summed E-state index contributed by atoms with van der Waals surface area (Å²) in [7, 11) is 1.82. The maximum absolute atomic E-state index is 11.4. The molecular formula is C9H19NOS. The lowest BCUT2D eigenvalue weighted by molar-refractivity contribution is -0.130. The summed E-state index contributed by atoms with van der Waals surface area (Å²) in [4.78, 5) is 13.1. The standard InChI is InChI=1S/C9H19NOS/c1-7(12)8(11)10(5)6-9(2,3)4/h7,12H,6H2,1-5H3. The van der Waals surface area contributed by atoms with Gasteiger partial charge in [0.05, 0.1) is 5.25 Å². The van der Waals surface area contributed by atoms with E-state index in [9.17, 15) is 4.79 Å². The van der Waals surface area contributed by atoms with Crippen LogP contribution in [0, 0.1) is 5.41 Å². The molecule has 0 saturated heterocycles. The number of carbonyl (C=O) groups is 1. The zero-order chi connectivity index (χ0) is 9.94.